The molecule has 0 aliphatic rings. The normalized spacial score (nSPS) is 0. The number of hydrogen-bond acceptors (Lipinski definition) is 0. The molecule has 0 atom stereocenters. The van der Waals surface area contributed by atoms with Crippen molar-refractivity contribution in [2.75, 3.05) is 0 Å². The van der Waals surface area contributed by atoms with Crippen molar-refractivity contribution in [3.05, 3.63) is 0 Å². The van der Waals surface area contributed by atoms with Crippen molar-refractivity contribution in [1.82, 2.24) is 0 Å². The third kappa shape index (κ3) is 10.4. The van der Waals surface area contributed by atoms with E-state index in [1.807, 2.05) is 0 Å². The Morgan fingerprint density at radius 1 is 0.750 bits per heavy atom. The van der Waals surface area contributed by atoms with Crippen molar-refractivity contribution in [3.63, 3.8) is 0 Å². The monoisotopic (exact) mass is 94.0 g/mol. The van der Waals surface area contributed by atoms with Crippen LogP contribution in [0.4, 0.5) is 0 Å². The van der Waals surface area contributed by atoms with E-state index in [4.69, 9.17) is 0 Å². The van der Waals surface area contributed by atoms with E-state index in [9.17, 15) is 0 Å². The summed E-state index contributed by atoms with van der Waals surface area (Å²) in [5.41, 5.74) is 0. The zero-order valence-electron chi connectivity index (χ0n) is 1.50. The van der Waals surface area contributed by atoms with Crippen LogP contribution < -0.4 is 0 Å². The summed E-state index contributed by atoms with van der Waals surface area (Å²) in [6.45, 7) is 0. The molecule has 0 aromatic rings. The van der Waals surface area contributed by atoms with Crippen molar-refractivity contribution < 1.29 is 11.0 Å². The van der Waals surface area contributed by atoms with E-state index in [1.54, 1.807) is 0 Å². The van der Waals surface area contributed by atoms with Crippen molar-refractivity contribution in [2.45, 2.75) is 0 Å². The molecule has 0 rings (SSSR count). The first-order chi connectivity index (χ1) is 0. The summed E-state index contributed by atoms with van der Waals surface area (Å²) in [4.78, 5) is 0. The molecule has 0 bridgehead atoms. The molecule has 0 fully saturated rings. The van der Waals surface area contributed by atoms with Gasteiger partial charge in [-0.15, -0.1) is 0 Å². The Balaban J connectivity index is 0. The quantitative estimate of drug-likeness (QED) is 0.306. The van der Waals surface area contributed by atoms with Crippen LogP contribution in [-0.4, -0.2) is 40.5 Å². The zero-order valence-corrected chi connectivity index (χ0v) is 2.50. The standard InChI is InChI=1S/Na.2H2O.H2S.H/h;3*1H2;. The van der Waals surface area contributed by atoms with Gasteiger partial charge in [0.25, 0.3) is 0 Å². The molecular weight excluding hydrogens is 87.1 g/mol. The molecule has 0 saturated carbocycles. The minimum atomic E-state index is 0. The molecule has 0 heterocycles. The predicted octanol–water partition coefficient (Wildman–Crippen LogP) is -2.19. The van der Waals surface area contributed by atoms with Gasteiger partial charge in [-0.05, 0) is 0 Å². The molecule has 0 saturated heterocycles. The van der Waals surface area contributed by atoms with Crippen LogP contribution in [0.25, 0.3) is 0 Å². The molecule has 26 valence electrons. The minimum absolute atomic E-state index is 0. The molecule has 0 aliphatic carbocycles. The molecule has 0 unspecified atom stereocenters. The fraction of sp³-hybridized carbons (Fsp3) is 0. The van der Waals surface area contributed by atoms with Gasteiger partial charge in [0.1, 0.15) is 0 Å². The van der Waals surface area contributed by atoms with E-state index in [2.05, 4.69) is 0 Å². The second-order valence-corrected chi connectivity index (χ2v) is 0. The Hall–Kier alpha value is 1.27. The van der Waals surface area contributed by atoms with Crippen LogP contribution in [0.1, 0.15) is 0 Å². The molecule has 2 nitrogen and oxygen atoms in total. The summed E-state index contributed by atoms with van der Waals surface area (Å²) in [7, 11) is 0. The first-order valence-corrected chi connectivity index (χ1v) is 0. The molecule has 0 amide bonds. The molecule has 4 heavy (non-hydrogen) atoms. The first kappa shape index (κ1) is 59.6. The Labute approximate surface area is 53.9 Å². The van der Waals surface area contributed by atoms with Crippen molar-refractivity contribution in [3.8, 4) is 0 Å². The molecule has 0 aromatic carbocycles. The van der Waals surface area contributed by atoms with E-state index in [1.165, 1.54) is 0 Å². The number of rotatable bonds is 0. The van der Waals surface area contributed by atoms with Gasteiger partial charge in [-0.2, -0.15) is 13.5 Å². The summed E-state index contributed by atoms with van der Waals surface area (Å²) >= 11 is 0. The van der Waals surface area contributed by atoms with E-state index in [0.717, 1.165) is 0 Å². The summed E-state index contributed by atoms with van der Waals surface area (Å²) < 4.78 is 0. The van der Waals surface area contributed by atoms with Crippen LogP contribution >= 0.6 is 13.5 Å². The summed E-state index contributed by atoms with van der Waals surface area (Å²) in [6.07, 6.45) is 0. The van der Waals surface area contributed by atoms with Crippen molar-refractivity contribution in [2.24, 2.45) is 0 Å². The third-order valence-corrected chi connectivity index (χ3v) is 0. The summed E-state index contributed by atoms with van der Waals surface area (Å²) in [5.74, 6) is 0. The molecule has 4 heteroatoms. The van der Waals surface area contributed by atoms with Gasteiger partial charge in [0.05, 0.1) is 0 Å². The second kappa shape index (κ2) is 28.3. The molecule has 0 aliphatic heterocycles. The second-order valence-electron chi connectivity index (χ2n) is 0. The molecule has 4 N–H and O–H groups in total. The Morgan fingerprint density at radius 2 is 0.750 bits per heavy atom. The fourth-order valence-corrected chi connectivity index (χ4v) is 0. The van der Waals surface area contributed by atoms with Crippen LogP contribution in [0, 0.1) is 0 Å². The Kier molecular flexibility index (Phi) is 422. The van der Waals surface area contributed by atoms with Crippen molar-refractivity contribution in [1.29, 1.82) is 0 Å². The maximum atomic E-state index is 0. The van der Waals surface area contributed by atoms with Crippen LogP contribution in [0.5, 0.6) is 0 Å². The maximum absolute atomic E-state index is 0. The van der Waals surface area contributed by atoms with Gasteiger partial charge in [0, 0.05) is 0 Å². The SMILES string of the molecule is O.O.S.[NaH]. The van der Waals surface area contributed by atoms with Gasteiger partial charge in [-0.25, -0.2) is 0 Å². The van der Waals surface area contributed by atoms with E-state index < -0.39 is 0 Å². The van der Waals surface area contributed by atoms with E-state index in [-0.39, 0.29) is 54.0 Å². The van der Waals surface area contributed by atoms with E-state index in [0.29, 0.717) is 0 Å². The third-order valence-electron chi connectivity index (χ3n) is 0. The van der Waals surface area contributed by atoms with Gasteiger partial charge in [-0.1, -0.05) is 0 Å². The first-order valence-electron chi connectivity index (χ1n) is 0. The van der Waals surface area contributed by atoms with Gasteiger partial charge >= 0.3 is 29.6 Å². The number of hydrogen-bond donors (Lipinski definition) is 0. The van der Waals surface area contributed by atoms with Crippen LogP contribution in [0.3, 0.4) is 0 Å². The van der Waals surface area contributed by atoms with Gasteiger partial charge in [0.15, 0.2) is 0 Å². The van der Waals surface area contributed by atoms with Gasteiger partial charge in [0.2, 0.25) is 0 Å². The fourth-order valence-electron chi connectivity index (χ4n) is 0. The topological polar surface area (TPSA) is 63.0 Å². The Bertz CT molecular complexity index is 6.00. The Morgan fingerprint density at radius 3 is 0.750 bits per heavy atom. The average Bonchev–Trinajstić information content (AvgIpc) is 0. The molecular formula is H7NaO2S. The molecule has 0 aromatic heterocycles. The van der Waals surface area contributed by atoms with Crippen molar-refractivity contribution >= 4 is 43.1 Å². The van der Waals surface area contributed by atoms with Crippen LogP contribution in [-0.2, 0) is 0 Å². The van der Waals surface area contributed by atoms with Crippen LogP contribution in [0.2, 0.25) is 0 Å². The zero-order chi connectivity index (χ0) is 0. The van der Waals surface area contributed by atoms with E-state index >= 15 is 0 Å². The van der Waals surface area contributed by atoms with Crippen LogP contribution in [0.15, 0.2) is 0 Å². The molecule has 0 radical (unpaired) electrons. The average molecular weight is 94.1 g/mol. The summed E-state index contributed by atoms with van der Waals surface area (Å²) in [5, 5.41) is 0. The van der Waals surface area contributed by atoms with Gasteiger partial charge < -0.3 is 11.0 Å². The summed E-state index contributed by atoms with van der Waals surface area (Å²) in [6, 6.07) is 0. The molecule has 0 spiro atoms. The predicted molar refractivity (Wildman–Crippen MR) is 24.8 cm³/mol. The van der Waals surface area contributed by atoms with Gasteiger partial charge in [-0.3, -0.25) is 0 Å².